The largest absolute Gasteiger partial charge is 0.344 e. The number of nitrogens with one attached hydrogen (secondary N) is 1. The van der Waals surface area contributed by atoms with E-state index in [2.05, 4.69) is 12.2 Å². The van der Waals surface area contributed by atoms with Gasteiger partial charge in [-0.15, -0.1) is 0 Å². The third kappa shape index (κ3) is 4.99. The number of hydrogen-bond acceptors (Lipinski definition) is 4. The fourth-order valence-corrected chi connectivity index (χ4v) is 3.59. The summed E-state index contributed by atoms with van der Waals surface area (Å²) >= 11 is 6.67. The van der Waals surface area contributed by atoms with Gasteiger partial charge in [0, 0.05) is 11.4 Å². The molecule has 0 amide bonds. The highest BCUT2D eigenvalue weighted by Crippen LogP contribution is 2.12. The van der Waals surface area contributed by atoms with E-state index in [1.165, 1.54) is 0 Å². The topological polar surface area (TPSA) is 46.2 Å². The molecule has 1 aliphatic rings. The van der Waals surface area contributed by atoms with Gasteiger partial charge in [-0.1, -0.05) is 37.3 Å². The molecule has 1 heterocycles. The maximum Gasteiger partial charge on any atom is 0.159 e. The Bertz CT molecular complexity index is 360. The number of thioether (sulfide) groups is 1. The smallest absolute Gasteiger partial charge is 0.159 e. The van der Waals surface area contributed by atoms with Crippen LogP contribution in [-0.4, -0.2) is 30.0 Å². The van der Waals surface area contributed by atoms with Crippen LogP contribution in [-0.2, 0) is 9.84 Å². The minimum absolute atomic E-state index is 0.0987. The zero-order valence-corrected chi connectivity index (χ0v) is 11.1. The van der Waals surface area contributed by atoms with Crippen LogP contribution in [0.4, 0.5) is 0 Å². The summed E-state index contributed by atoms with van der Waals surface area (Å²) < 4.78 is 23.0. The van der Waals surface area contributed by atoms with Crippen LogP contribution in [0.1, 0.15) is 19.8 Å². The molecule has 1 N–H and O–H groups in total. The molecule has 0 aliphatic carbocycles. The molecule has 86 valence electrons. The number of unbranched alkanes of at least 4 members (excludes halogenated alkanes) is 1. The Morgan fingerprint density at radius 2 is 2.40 bits per heavy atom. The van der Waals surface area contributed by atoms with Crippen molar-refractivity contribution in [2.24, 2.45) is 0 Å². The lowest BCUT2D eigenvalue weighted by molar-refractivity contribution is 0.603. The molecule has 0 atom stereocenters. The Kier molecular flexibility index (Phi) is 5.08. The third-order valence-corrected chi connectivity index (χ3v) is 4.69. The Morgan fingerprint density at radius 3 is 2.93 bits per heavy atom. The van der Waals surface area contributed by atoms with Gasteiger partial charge in [0.25, 0.3) is 0 Å². The fraction of sp³-hybridized carbons (Fsp3) is 0.667. The molecule has 3 nitrogen and oxygen atoms in total. The van der Waals surface area contributed by atoms with Crippen LogP contribution in [0, 0.1) is 0 Å². The number of hydrogen-bond donors (Lipinski definition) is 1. The second-order valence-corrected chi connectivity index (χ2v) is 7.28. The summed E-state index contributed by atoms with van der Waals surface area (Å²) in [6.07, 6.45) is 3.97. The van der Waals surface area contributed by atoms with Gasteiger partial charge in [0.1, 0.15) is 4.32 Å². The van der Waals surface area contributed by atoms with E-state index in [0.717, 1.165) is 24.3 Å². The van der Waals surface area contributed by atoms with Gasteiger partial charge >= 0.3 is 0 Å². The lowest BCUT2D eigenvalue weighted by Gasteiger charge is -2.06. The van der Waals surface area contributed by atoms with Gasteiger partial charge in [-0.25, -0.2) is 8.42 Å². The molecular formula is C9H15NO2S3. The van der Waals surface area contributed by atoms with Crippen LogP contribution in [0.2, 0.25) is 0 Å². The maximum absolute atomic E-state index is 11.1. The van der Waals surface area contributed by atoms with Crippen LogP contribution < -0.4 is 5.32 Å². The minimum Gasteiger partial charge on any atom is -0.344 e. The van der Waals surface area contributed by atoms with E-state index in [9.17, 15) is 8.42 Å². The van der Waals surface area contributed by atoms with Crippen molar-refractivity contribution in [3.8, 4) is 0 Å². The second kappa shape index (κ2) is 5.86. The molecule has 0 aromatic rings. The summed E-state index contributed by atoms with van der Waals surface area (Å²) in [7, 11) is -2.89. The molecule has 6 heteroatoms. The van der Waals surface area contributed by atoms with Gasteiger partial charge in [-0.05, 0) is 12.5 Å². The van der Waals surface area contributed by atoms with Crippen molar-refractivity contribution in [1.82, 2.24) is 5.32 Å². The number of thiocarbonyl (C=S) groups is 1. The first kappa shape index (κ1) is 13.0. The summed E-state index contributed by atoms with van der Waals surface area (Å²) in [6, 6.07) is 0. The zero-order chi connectivity index (χ0) is 11.3. The first-order valence-electron chi connectivity index (χ1n) is 4.87. The van der Waals surface area contributed by atoms with E-state index in [1.807, 2.05) is 0 Å². The predicted octanol–water partition coefficient (Wildman–Crippen LogP) is 1.71. The predicted molar refractivity (Wildman–Crippen MR) is 69.8 cm³/mol. The number of sulfone groups is 1. The normalized spacial score (nSPS) is 18.6. The van der Waals surface area contributed by atoms with Crippen LogP contribution >= 0.6 is 24.0 Å². The standard InChI is InChI=1S/C9H15NO2S3/c1-2-3-5-14-9(13)10-8-4-6-15(11,12)7-8/h4H,2-3,5-7H2,1H3,(H,10,13). The zero-order valence-electron chi connectivity index (χ0n) is 8.65. The molecule has 1 rings (SSSR count). The highest BCUT2D eigenvalue weighted by atomic mass is 32.2. The summed E-state index contributed by atoms with van der Waals surface area (Å²) in [6.45, 7) is 2.13. The average Bonchev–Trinajstić information content (AvgIpc) is 2.46. The van der Waals surface area contributed by atoms with E-state index in [-0.39, 0.29) is 11.5 Å². The highest BCUT2D eigenvalue weighted by Gasteiger charge is 2.20. The van der Waals surface area contributed by atoms with E-state index >= 15 is 0 Å². The van der Waals surface area contributed by atoms with Crippen LogP contribution in [0.15, 0.2) is 11.8 Å². The van der Waals surface area contributed by atoms with Crippen molar-refractivity contribution >= 4 is 38.1 Å². The third-order valence-electron chi connectivity index (χ3n) is 1.95. The van der Waals surface area contributed by atoms with E-state index in [0.29, 0.717) is 4.32 Å². The monoisotopic (exact) mass is 265 g/mol. The van der Waals surface area contributed by atoms with Crippen LogP contribution in [0.3, 0.4) is 0 Å². The maximum atomic E-state index is 11.1. The molecule has 0 fully saturated rings. The van der Waals surface area contributed by atoms with E-state index in [4.69, 9.17) is 12.2 Å². The summed E-state index contributed by atoms with van der Waals surface area (Å²) in [5.41, 5.74) is 0.726. The van der Waals surface area contributed by atoms with Crippen LogP contribution in [0.5, 0.6) is 0 Å². The Hall–Kier alpha value is -0.0700. The Labute approximate surface area is 101 Å². The molecule has 0 aromatic carbocycles. The molecule has 0 radical (unpaired) electrons. The fourth-order valence-electron chi connectivity index (χ4n) is 1.15. The van der Waals surface area contributed by atoms with Gasteiger partial charge in [0.15, 0.2) is 9.84 Å². The van der Waals surface area contributed by atoms with Crippen molar-refractivity contribution in [1.29, 1.82) is 0 Å². The average molecular weight is 265 g/mol. The SMILES string of the molecule is CCCCSC(=S)NC1=CCS(=O)(=O)C1. The highest BCUT2D eigenvalue weighted by molar-refractivity contribution is 8.22. The van der Waals surface area contributed by atoms with Crippen molar-refractivity contribution in [2.75, 3.05) is 17.3 Å². The molecule has 0 spiro atoms. The molecule has 1 aliphatic heterocycles. The van der Waals surface area contributed by atoms with Gasteiger partial charge in [-0.3, -0.25) is 0 Å². The van der Waals surface area contributed by atoms with Crippen molar-refractivity contribution in [3.63, 3.8) is 0 Å². The molecule has 0 unspecified atom stereocenters. The van der Waals surface area contributed by atoms with E-state index < -0.39 is 9.84 Å². The first-order valence-corrected chi connectivity index (χ1v) is 8.08. The molecular weight excluding hydrogens is 250 g/mol. The van der Waals surface area contributed by atoms with Crippen LogP contribution in [0.25, 0.3) is 0 Å². The summed E-state index contributed by atoms with van der Waals surface area (Å²) in [4.78, 5) is 0. The van der Waals surface area contributed by atoms with Crippen molar-refractivity contribution < 1.29 is 8.42 Å². The lowest BCUT2D eigenvalue weighted by Crippen LogP contribution is -2.20. The molecule has 0 saturated heterocycles. The minimum atomic E-state index is -2.89. The summed E-state index contributed by atoms with van der Waals surface area (Å²) in [5, 5.41) is 2.97. The molecule has 0 bridgehead atoms. The van der Waals surface area contributed by atoms with Gasteiger partial charge in [0.2, 0.25) is 0 Å². The molecule has 0 saturated carbocycles. The second-order valence-electron chi connectivity index (χ2n) is 3.40. The quantitative estimate of drug-likeness (QED) is 0.619. The van der Waals surface area contributed by atoms with Gasteiger partial charge < -0.3 is 5.32 Å². The number of rotatable bonds is 4. The Balaban J connectivity index is 2.28. The van der Waals surface area contributed by atoms with Gasteiger partial charge in [-0.2, -0.15) is 0 Å². The van der Waals surface area contributed by atoms with Crippen molar-refractivity contribution in [2.45, 2.75) is 19.8 Å². The first-order chi connectivity index (χ1) is 7.03. The van der Waals surface area contributed by atoms with E-state index in [1.54, 1.807) is 17.8 Å². The van der Waals surface area contributed by atoms with Gasteiger partial charge in [0.05, 0.1) is 11.5 Å². The molecule has 15 heavy (non-hydrogen) atoms. The summed E-state index contributed by atoms with van der Waals surface area (Å²) in [5.74, 6) is 1.22. The van der Waals surface area contributed by atoms with Crippen molar-refractivity contribution in [3.05, 3.63) is 11.8 Å². The Morgan fingerprint density at radius 1 is 1.67 bits per heavy atom. The molecule has 0 aromatic heterocycles. The lowest BCUT2D eigenvalue weighted by atomic mass is 10.4.